The van der Waals surface area contributed by atoms with Crippen molar-refractivity contribution in [2.45, 2.75) is 26.1 Å². The Kier molecular flexibility index (Phi) is 6.07. The molecule has 0 aromatic heterocycles. The zero-order valence-electron chi connectivity index (χ0n) is 15.9. The summed E-state index contributed by atoms with van der Waals surface area (Å²) in [5.74, 6) is -2.32. The normalized spacial score (nSPS) is 16.8. The molecule has 0 amide bonds. The Bertz CT molecular complexity index is 1050. The molecule has 1 aliphatic rings. The molecule has 0 saturated carbocycles. The van der Waals surface area contributed by atoms with E-state index in [9.17, 15) is 24.8 Å². The van der Waals surface area contributed by atoms with Crippen LogP contribution >= 0.6 is 0 Å². The summed E-state index contributed by atoms with van der Waals surface area (Å²) in [6, 6.07) is 7.20. The summed E-state index contributed by atoms with van der Waals surface area (Å²) in [7, 11) is 0. The molecule has 2 aromatic carbocycles. The van der Waals surface area contributed by atoms with Gasteiger partial charge in [-0.05, 0) is 24.6 Å². The number of non-ortho nitro benzene ring substituents is 1. The largest absolute Gasteiger partial charge is 0.507 e. The summed E-state index contributed by atoms with van der Waals surface area (Å²) in [6.45, 7) is 2.26. The number of Topliss-reactive ketones (excluding diaryl/α,β-unsaturated/α-hetero) is 1. The van der Waals surface area contributed by atoms with Gasteiger partial charge in [-0.15, -0.1) is 0 Å². The van der Waals surface area contributed by atoms with E-state index < -0.39 is 28.7 Å². The number of aromatic hydroxyl groups is 1. The van der Waals surface area contributed by atoms with Crippen molar-refractivity contribution < 1.29 is 34.2 Å². The Morgan fingerprint density at radius 1 is 1.30 bits per heavy atom. The van der Waals surface area contributed by atoms with Gasteiger partial charge in [-0.2, -0.15) is 0 Å². The molecule has 156 valence electrons. The van der Waals surface area contributed by atoms with E-state index in [0.29, 0.717) is 13.0 Å². The third-order valence-electron chi connectivity index (χ3n) is 4.34. The van der Waals surface area contributed by atoms with Gasteiger partial charge in [-0.25, -0.2) is 9.79 Å². The van der Waals surface area contributed by atoms with Gasteiger partial charge in [0.2, 0.25) is 12.1 Å². The second kappa shape index (κ2) is 8.70. The lowest BCUT2D eigenvalue weighted by Gasteiger charge is -2.26. The Balaban J connectivity index is 2.03. The standard InChI is InChI=1S/C20H18N2O8/c1-2-3-8-29-20-17(21-11-4-6-13(19(25)26)15(23)9-11)18(24)14-10-12(22(27)28)5-7-16(14)30-20/h4-7,9-10,20,23H,2-3,8H2,1H3,(H,25,26). The van der Waals surface area contributed by atoms with Crippen LogP contribution in [0.5, 0.6) is 11.5 Å². The first-order valence-corrected chi connectivity index (χ1v) is 9.08. The number of benzene rings is 2. The minimum Gasteiger partial charge on any atom is -0.507 e. The molecule has 0 aliphatic carbocycles. The van der Waals surface area contributed by atoms with Crippen LogP contribution in [0.4, 0.5) is 11.4 Å². The van der Waals surface area contributed by atoms with E-state index in [4.69, 9.17) is 14.6 Å². The molecule has 2 N–H and O–H groups in total. The molecule has 3 rings (SSSR count). The van der Waals surface area contributed by atoms with E-state index in [1.807, 2.05) is 6.92 Å². The van der Waals surface area contributed by atoms with Gasteiger partial charge in [0.05, 0.1) is 22.8 Å². The van der Waals surface area contributed by atoms with Crippen LogP contribution in [0.2, 0.25) is 0 Å². The number of hydrogen-bond donors (Lipinski definition) is 2. The molecule has 30 heavy (non-hydrogen) atoms. The number of unbranched alkanes of at least 4 members (excludes halogenated alkanes) is 1. The van der Waals surface area contributed by atoms with Crippen molar-refractivity contribution in [3.8, 4) is 11.5 Å². The van der Waals surface area contributed by atoms with Crippen LogP contribution in [0.1, 0.15) is 40.5 Å². The molecule has 10 heteroatoms. The quantitative estimate of drug-likeness (QED) is 0.397. The first-order valence-electron chi connectivity index (χ1n) is 9.08. The smallest absolute Gasteiger partial charge is 0.339 e. The number of nitrogens with zero attached hydrogens (tertiary/aromatic N) is 2. The molecule has 2 aromatic rings. The van der Waals surface area contributed by atoms with Crippen molar-refractivity contribution in [2.24, 2.45) is 4.99 Å². The minimum absolute atomic E-state index is 0.0373. The number of carbonyl (C=O) groups is 2. The number of aromatic carboxylic acids is 1. The summed E-state index contributed by atoms with van der Waals surface area (Å²) in [5.41, 5.74) is -0.700. The lowest BCUT2D eigenvalue weighted by atomic mass is 10.0. The van der Waals surface area contributed by atoms with Crippen molar-refractivity contribution in [3.05, 3.63) is 57.6 Å². The van der Waals surface area contributed by atoms with Crippen LogP contribution in [-0.2, 0) is 4.74 Å². The van der Waals surface area contributed by atoms with E-state index in [1.54, 1.807) is 0 Å². The number of ether oxygens (including phenoxy) is 2. The van der Waals surface area contributed by atoms with Crippen LogP contribution in [0.3, 0.4) is 0 Å². The van der Waals surface area contributed by atoms with Crippen LogP contribution in [0, 0.1) is 10.1 Å². The molecule has 1 unspecified atom stereocenters. The molecule has 1 aliphatic heterocycles. The first-order chi connectivity index (χ1) is 14.3. The molecule has 0 radical (unpaired) electrons. The number of carboxylic acid groups (broad SMARTS) is 1. The van der Waals surface area contributed by atoms with Crippen LogP contribution in [0.15, 0.2) is 41.4 Å². The monoisotopic (exact) mass is 414 g/mol. The highest BCUT2D eigenvalue weighted by molar-refractivity contribution is 6.49. The second-order valence-corrected chi connectivity index (χ2v) is 6.44. The Labute approximate surface area is 170 Å². The van der Waals surface area contributed by atoms with Crippen molar-refractivity contribution in [1.29, 1.82) is 0 Å². The SMILES string of the molecule is CCCCOC1Oc2ccc([N+](=O)[O-])cc2C(=O)C1=Nc1ccc(C(=O)O)c(O)c1. The van der Waals surface area contributed by atoms with E-state index in [2.05, 4.69) is 4.99 Å². The highest BCUT2D eigenvalue weighted by atomic mass is 16.7. The number of aliphatic imine (C=N–C) groups is 1. The van der Waals surface area contributed by atoms with E-state index in [0.717, 1.165) is 24.6 Å². The summed E-state index contributed by atoms with van der Waals surface area (Å²) in [5, 5.41) is 29.9. The van der Waals surface area contributed by atoms with Gasteiger partial charge in [0, 0.05) is 18.2 Å². The highest BCUT2D eigenvalue weighted by Gasteiger charge is 2.35. The predicted molar refractivity (Wildman–Crippen MR) is 105 cm³/mol. The summed E-state index contributed by atoms with van der Waals surface area (Å²) in [4.78, 5) is 38.7. The average molecular weight is 414 g/mol. The predicted octanol–water partition coefficient (Wildman–Crippen LogP) is 3.49. The van der Waals surface area contributed by atoms with Gasteiger partial charge in [0.25, 0.3) is 5.69 Å². The molecule has 0 saturated heterocycles. The summed E-state index contributed by atoms with van der Waals surface area (Å²) >= 11 is 0. The molecular formula is C20H18N2O8. The lowest BCUT2D eigenvalue weighted by molar-refractivity contribution is -0.384. The number of carboxylic acids is 1. The van der Waals surface area contributed by atoms with Crippen LogP contribution in [0.25, 0.3) is 0 Å². The van der Waals surface area contributed by atoms with Gasteiger partial charge < -0.3 is 19.7 Å². The molecular weight excluding hydrogens is 396 g/mol. The first kappa shape index (κ1) is 20.9. The average Bonchev–Trinajstić information content (AvgIpc) is 2.70. The number of carbonyl (C=O) groups excluding carboxylic acids is 1. The number of fused-ring (bicyclic) bond motifs is 1. The Morgan fingerprint density at radius 3 is 2.70 bits per heavy atom. The fourth-order valence-electron chi connectivity index (χ4n) is 2.79. The molecule has 0 fully saturated rings. The fraction of sp³-hybridized carbons (Fsp3) is 0.250. The van der Waals surface area contributed by atoms with Crippen LogP contribution in [-0.4, -0.2) is 45.5 Å². The fourth-order valence-corrected chi connectivity index (χ4v) is 2.79. The van der Waals surface area contributed by atoms with Crippen molar-refractivity contribution in [2.75, 3.05) is 6.61 Å². The number of nitro benzene ring substituents is 1. The second-order valence-electron chi connectivity index (χ2n) is 6.44. The molecule has 1 heterocycles. The maximum Gasteiger partial charge on any atom is 0.339 e. The maximum atomic E-state index is 13.0. The number of phenols is 1. The van der Waals surface area contributed by atoms with E-state index in [1.165, 1.54) is 18.2 Å². The molecule has 0 bridgehead atoms. The molecule has 10 nitrogen and oxygen atoms in total. The number of rotatable bonds is 7. The lowest BCUT2D eigenvalue weighted by Crippen LogP contribution is -2.40. The number of nitro groups is 1. The van der Waals surface area contributed by atoms with Crippen molar-refractivity contribution in [1.82, 2.24) is 0 Å². The van der Waals surface area contributed by atoms with Gasteiger partial charge in [-0.3, -0.25) is 14.9 Å². The van der Waals surface area contributed by atoms with Gasteiger partial charge in [0.1, 0.15) is 17.1 Å². The van der Waals surface area contributed by atoms with Gasteiger partial charge in [0.15, 0.2) is 5.71 Å². The van der Waals surface area contributed by atoms with Crippen molar-refractivity contribution >= 4 is 28.8 Å². The Morgan fingerprint density at radius 2 is 2.07 bits per heavy atom. The topological polar surface area (TPSA) is 149 Å². The van der Waals surface area contributed by atoms with Gasteiger partial charge >= 0.3 is 5.97 Å². The highest BCUT2D eigenvalue weighted by Crippen LogP contribution is 2.32. The zero-order chi connectivity index (χ0) is 21.8. The van der Waals surface area contributed by atoms with E-state index in [-0.39, 0.29) is 34.0 Å². The zero-order valence-corrected chi connectivity index (χ0v) is 15.9. The molecule has 1 atom stereocenters. The Hall–Kier alpha value is -3.79. The van der Waals surface area contributed by atoms with Gasteiger partial charge in [-0.1, -0.05) is 13.3 Å². The third kappa shape index (κ3) is 4.28. The minimum atomic E-state index is -1.31. The maximum absolute atomic E-state index is 13.0. The number of hydrogen-bond acceptors (Lipinski definition) is 8. The van der Waals surface area contributed by atoms with Crippen molar-refractivity contribution in [3.63, 3.8) is 0 Å². The molecule has 0 spiro atoms. The summed E-state index contributed by atoms with van der Waals surface area (Å²) < 4.78 is 11.3. The number of ketones is 1. The third-order valence-corrected chi connectivity index (χ3v) is 4.34. The van der Waals surface area contributed by atoms with Crippen LogP contribution < -0.4 is 4.74 Å². The van der Waals surface area contributed by atoms with E-state index >= 15 is 0 Å². The summed E-state index contributed by atoms with van der Waals surface area (Å²) in [6.07, 6.45) is 0.405.